The molecule has 3 aromatic rings. The maximum absolute atomic E-state index is 12.9. The highest BCUT2D eigenvalue weighted by Crippen LogP contribution is 2.15. The maximum atomic E-state index is 12.9. The number of aromatic carboxylic acids is 1. The molecule has 0 aliphatic heterocycles. The molecule has 0 atom stereocenters. The Morgan fingerprint density at radius 2 is 1.70 bits per heavy atom. The normalized spacial score (nSPS) is 10.5. The van der Waals surface area contributed by atoms with Crippen molar-refractivity contribution in [3.63, 3.8) is 0 Å². The average Bonchev–Trinajstić information content (AvgIpc) is 3.19. The molecule has 0 bridgehead atoms. The second-order valence-corrected chi connectivity index (χ2v) is 6.28. The fourth-order valence-electron chi connectivity index (χ4n) is 2.96. The summed E-state index contributed by atoms with van der Waals surface area (Å²) in [5.41, 5.74) is 2.80. The molecular formula is C21H21N3O3. The molecule has 0 spiro atoms. The molecule has 0 fully saturated rings. The maximum Gasteiger partial charge on any atom is 0.335 e. The van der Waals surface area contributed by atoms with Crippen molar-refractivity contribution >= 4 is 11.9 Å². The fraction of sp³-hybridized carbons (Fsp3) is 0.190. The van der Waals surface area contributed by atoms with Crippen LogP contribution < -0.4 is 0 Å². The second kappa shape index (κ2) is 8.80. The second-order valence-electron chi connectivity index (χ2n) is 6.28. The lowest BCUT2D eigenvalue weighted by atomic mass is 10.0. The molecular weight excluding hydrogens is 342 g/mol. The number of benzene rings is 2. The lowest BCUT2D eigenvalue weighted by molar-refractivity contribution is -0.132. The number of nitrogens with one attached hydrogen (secondary N) is 1. The Bertz CT molecular complexity index is 892. The van der Waals surface area contributed by atoms with E-state index in [0.29, 0.717) is 25.1 Å². The van der Waals surface area contributed by atoms with Gasteiger partial charge in [0.1, 0.15) is 0 Å². The van der Waals surface area contributed by atoms with E-state index in [2.05, 4.69) is 10.2 Å². The summed E-state index contributed by atoms with van der Waals surface area (Å²) >= 11 is 0. The predicted molar refractivity (Wildman–Crippen MR) is 101 cm³/mol. The summed E-state index contributed by atoms with van der Waals surface area (Å²) in [5.74, 6) is -1.01. The standard InChI is InChI=1S/C21H21N3O3/c25-20(11-10-17-8-4-5-9-19(17)21(26)27)24(15-18-12-13-22-23-18)14-16-6-2-1-3-7-16/h1-9,12-13H,10-11,14-15H2,(H,22,23)(H,26,27). The molecule has 0 saturated carbocycles. The fourth-order valence-corrected chi connectivity index (χ4v) is 2.96. The van der Waals surface area contributed by atoms with Gasteiger partial charge in [-0.2, -0.15) is 5.10 Å². The van der Waals surface area contributed by atoms with Crippen molar-refractivity contribution in [2.75, 3.05) is 0 Å². The molecule has 0 saturated heterocycles. The molecule has 3 rings (SSSR count). The Morgan fingerprint density at radius 3 is 2.41 bits per heavy atom. The first kappa shape index (κ1) is 18.4. The number of H-pyrrole nitrogens is 1. The van der Waals surface area contributed by atoms with Crippen molar-refractivity contribution in [3.05, 3.63) is 89.2 Å². The third-order valence-corrected chi connectivity index (χ3v) is 4.34. The molecule has 0 aliphatic carbocycles. The van der Waals surface area contributed by atoms with E-state index in [1.54, 1.807) is 35.4 Å². The van der Waals surface area contributed by atoms with Gasteiger partial charge in [-0.25, -0.2) is 4.79 Å². The first-order chi connectivity index (χ1) is 13.1. The monoisotopic (exact) mass is 363 g/mol. The Balaban J connectivity index is 1.71. The molecule has 6 heteroatoms. The number of aromatic amines is 1. The van der Waals surface area contributed by atoms with Gasteiger partial charge in [-0.15, -0.1) is 0 Å². The van der Waals surface area contributed by atoms with Crippen LogP contribution in [0.1, 0.15) is 33.6 Å². The number of carbonyl (C=O) groups is 2. The summed E-state index contributed by atoms with van der Waals surface area (Å²) < 4.78 is 0. The van der Waals surface area contributed by atoms with Crippen molar-refractivity contribution in [1.82, 2.24) is 15.1 Å². The lowest BCUT2D eigenvalue weighted by Crippen LogP contribution is -2.30. The number of carboxylic acids is 1. The first-order valence-electron chi connectivity index (χ1n) is 8.74. The third kappa shape index (κ3) is 5.04. The number of amides is 1. The number of carbonyl (C=O) groups excluding carboxylic acids is 1. The average molecular weight is 363 g/mol. The van der Waals surface area contributed by atoms with Crippen molar-refractivity contribution < 1.29 is 14.7 Å². The quantitative estimate of drug-likeness (QED) is 0.643. The van der Waals surface area contributed by atoms with Crippen LogP contribution in [0.25, 0.3) is 0 Å². The van der Waals surface area contributed by atoms with Crippen LogP contribution >= 0.6 is 0 Å². The van der Waals surface area contributed by atoms with Gasteiger partial charge in [-0.3, -0.25) is 9.89 Å². The Hall–Kier alpha value is -3.41. The molecule has 0 unspecified atom stereocenters. The van der Waals surface area contributed by atoms with E-state index in [-0.39, 0.29) is 17.9 Å². The number of nitrogens with zero attached hydrogens (tertiary/aromatic N) is 2. The van der Waals surface area contributed by atoms with Crippen LogP contribution in [-0.2, 0) is 24.3 Å². The highest BCUT2D eigenvalue weighted by molar-refractivity contribution is 5.89. The lowest BCUT2D eigenvalue weighted by Gasteiger charge is -2.22. The van der Waals surface area contributed by atoms with E-state index in [4.69, 9.17) is 0 Å². The molecule has 1 aromatic heterocycles. The zero-order chi connectivity index (χ0) is 19.1. The van der Waals surface area contributed by atoms with Gasteiger partial charge < -0.3 is 10.0 Å². The number of aromatic nitrogens is 2. The Morgan fingerprint density at radius 1 is 0.963 bits per heavy atom. The van der Waals surface area contributed by atoms with Crippen molar-refractivity contribution in [2.24, 2.45) is 0 Å². The van der Waals surface area contributed by atoms with Gasteiger partial charge in [0.15, 0.2) is 0 Å². The molecule has 1 heterocycles. The molecule has 2 aromatic carbocycles. The first-order valence-corrected chi connectivity index (χ1v) is 8.74. The number of hydrogen-bond donors (Lipinski definition) is 2. The van der Waals surface area contributed by atoms with Crippen molar-refractivity contribution in [2.45, 2.75) is 25.9 Å². The topological polar surface area (TPSA) is 86.3 Å². The molecule has 2 N–H and O–H groups in total. The largest absolute Gasteiger partial charge is 0.478 e. The van der Waals surface area contributed by atoms with Gasteiger partial charge in [-0.1, -0.05) is 48.5 Å². The van der Waals surface area contributed by atoms with E-state index in [1.807, 2.05) is 36.4 Å². The zero-order valence-electron chi connectivity index (χ0n) is 14.8. The molecule has 6 nitrogen and oxygen atoms in total. The summed E-state index contributed by atoms with van der Waals surface area (Å²) in [5, 5.41) is 16.1. The van der Waals surface area contributed by atoms with Crippen LogP contribution in [0.2, 0.25) is 0 Å². The van der Waals surface area contributed by atoms with Gasteiger partial charge in [0.2, 0.25) is 5.91 Å². The highest BCUT2D eigenvalue weighted by atomic mass is 16.4. The minimum Gasteiger partial charge on any atom is -0.478 e. The van der Waals surface area contributed by atoms with E-state index < -0.39 is 5.97 Å². The highest BCUT2D eigenvalue weighted by Gasteiger charge is 2.17. The molecule has 1 amide bonds. The van der Waals surface area contributed by atoms with E-state index in [0.717, 1.165) is 11.3 Å². The van der Waals surface area contributed by atoms with Gasteiger partial charge in [0, 0.05) is 19.2 Å². The SMILES string of the molecule is O=C(O)c1ccccc1CCC(=O)N(Cc1ccccc1)Cc1ccn[nH]1. The van der Waals surface area contributed by atoms with Crippen molar-refractivity contribution in [1.29, 1.82) is 0 Å². The summed E-state index contributed by atoms with van der Waals surface area (Å²) in [6, 6.07) is 18.4. The number of carboxylic acid groups (broad SMARTS) is 1. The number of rotatable bonds is 8. The van der Waals surface area contributed by atoms with Gasteiger partial charge in [0.05, 0.1) is 17.8 Å². The minimum atomic E-state index is -0.975. The van der Waals surface area contributed by atoms with Gasteiger partial charge in [0.25, 0.3) is 0 Å². The number of hydrogen-bond acceptors (Lipinski definition) is 3. The van der Waals surface area contributed by atoms with Crippen LogP contribution in [0.15, 0.2) is 66.9 Å². The Labute approximate surface area is 157 Å². The van der Waals surface area contributed by atoms with Crippen LogP contribution in [0.4, 0.5) is 0 Å². The van der Waals surface area contributed by atoms with Crippen LogP contribution in [-0.4, -0.2) is 32.1 Å². The van der Waals surface area contributed by atoms with Crippen LogP contribution in [0, 0.1) is 0 Å². The molecule has 0 radical (unpaired) electrons. The van der Waals surface area contributed by atoms with Gasteiger partial charge >= 0.3 is 5.97 Å². The summed E-state index contributed by atoms with van der Waals surface area (Å²) in [6.45, 7) is 0.910. The van der Waals surface area contributed by atoms with Crippen molar-refractivity contribution in [3.8, 4) is 0 Å². The Kier molecular flexibility index (Phi) is 5.99. The van der Waals surface area contributed by atoms with E-state index in [9.17, 15) is 14.7 Å². The number of aryl methyl sites for hydroxylation is 1. The van der Waals surface area contributed by atoms with Crippen LogP contribution in [0.5, 0.6) is 0 Å². The molecule has 0 aliphatic rings. The summed E-state index contributed by atoms with van der Waals surface area (Å²) in [6.07, 6.45) is 2.28. The summed E-state index contributed by atoms with van der Waals surface area (Å²) in [4.78, 5) is 26.0. The predicted octanol–water partition coefficient (Wildman–Crippen LogP) is 3.27. The zero-order valence-corrected chi connectivity index (χ0v) is 14.8. The minimum absolute atomic E-state index is 0.0337. The molecule has 27 heavy (non-hydrogen) atoms. The summed E-state index contributed by atoms with van der Waals surface area (Å²) in [7, 11) is 0. The van der Waals surface area contributed by atoms with Crippen LogP contribution in [0.3, 0.4) is 0 Å². The van der Waals surface area contributed by atoms with Gasteiger partial charge in [-0.05, 0) is 29.7 Å². The van der Waals surface area contributed by atoms with E-state index in [1.165, 1.54) is 0 Å². The van der Waals surface area contributed by atoms with E-state index >= 15 is 0 Å². The third-order valence-electron chi connectivity index (χ3n) is 4.34. The smallest absolute Gasteiger partial charge is 0.335 e. The molecule has 138 valence electrons.